The van der Waals surface area contributed by atoms with Gasteiger partial charge >= 0.3 is 5.97 Å². The number of fused-ring (bicyclic) bond motifs is 1. The molecule has 12 heavy (non-hydrogen) atoms. The average molecular weight is 180 g/mol. The maximum Gasteiger partial charge on any atom is 0.332 e. The summed E-state index contributed by atoms with van der Waals surface area (Å²) in [7, 11) is 0. The highest BCUT2D eigenvalue weighted by Crippen LogP contribution is 2.39. The van der Waals surface area contributed by atoms with Crippen molar-refractivity contribution in [1.29, 1.82) is 0 Å². The maximum atomic E-state index is 10.7. The minimum absolute atomic E-state index is 0.579. The molecule has 0 atom stereocenters. The summed E-state index contributed by atoms with van der Waals surface area (Å²) in [5, 5.41) is 8.83. The summed E-state index contributed by atoms with van der Waals surface area (Å²) in [4.78, 5) is 11.9. The van der Waals surface area contributed by atoms with Crippen molar-refractivity contribution in [2.75, 3.05) is 5.75 Å². The Morgan fingerprint density at radius 2 is 2.42 bits per heavy atom. The summed E-state index contributed by atoms with van der Waals surface area (Å²) >= 11 is 1.62. The number of carbonyl (C=O) groups is 1. The van der Waals surface area contributed by atoms with Crippen LogP contribution in [0.1, 0.15) is 6.42 Å². The van der Waals surface area contributed by atoms with Crippen LogP contribution in [0, 0.1) is 0 Å². The molecule has 3 heteroatoms. The lowest BCUT2D eigenvalue weighted by Gasteiger charge is -2.05. The van der Waals surface area contributed by atoms with E-state index < -0.39 is 5.97 Å². The Kier molecular flexibility index (Phi) is 1.81. The van der Waals surface area contributed by atoms with Gasteiger partial charge in [-0.2, -0.15) is 0 Å². The molecule has 0 aromatic heterocycles. The van der Waals surface area contributed by atoms with E-state index in [9.17, 15) is 4.79 Å². The molecule has 0 radical (unpaired) electrons. The highest BCUT2D eigenvalue weighted by Gasteiger charge is 2.24. The van der Waals surface area contributed by atoms with Gasteiger partial charge in [0.25, 0.3) is 0 Å². The summed E-state index contributed by atoms with van der Waals surface area (Å²) < 4.78 is 0. The fourth-order valence-electron chi connectivity index (χ4n) is 1.38. The molecule has 0 aromatic carbocycles. The molecule has 1 aliphatic heterocycles. The second kappa shape index (κ2) is 2.83. The van der Waals surface area contributed by atoms with E-state index in [0.717, 1.165) is 16.9 Å². The van der Waals surface area contributed by atoms with E-state index in [4.69, 9.17) is 5.11 Å². The van der Waals surface area contributed by atoms with Crippen molar-refractivity contribution in [3.05, 3.63) is 34.3 Å². The fraction of sp³-hybridized carbons (Fsp3) is 0.222. The summed E-state index contributed by atoms with van der Waals surface area (Å²) in [6.07, 6.45) is 6.74. The van der Waals surface area contributed by atoms with Gasteiger partial charge in [0, 0.05) is 10.7 Å². The largest absolute Gasteiger partial charge is 0.478 e. The Hall–Kier alpha value is -0.960. The van der Waals surface area contributed by atoms with Crippen molar-refractivity contribution >= 4 is 17.7 Å². The van der Waals surface area contributed by atoms with Crippen LogP contribution in [-0.2, 0) is 4.79 Å². The smallest absolute Gasteiger partial charge is 0.332 e. The van der Waals surface area contributed by atoms with Crippen LogP contribution >= 0.6 is 11.8 Å². The number of hydrogen-bond donors (Lipinski definition) is 1. The second-order valence-electron chi connectivity index (χ2n) is 2.71. The summed E-state index contributed by atoms with van der Waals surface area (Å²) in [5.41, 5.74) is 1.59. The van der Waals surface area contributed by atoms with Crippen LogP contribution in [0.4, 0.5) is 0 Å². The molecule has 0 saturated carbocycles. The van der Waals surface area contributed by atoms with Crippen molar-refractivity contribution in [1.82, 2.24) is 0 Å². The van der Waals surface area contributed by atoms with Gasteiger partial charge in [-0.1, -0.05) is 12.2 Å². The van der Waals surface area contributed by atoms with Gasteiger partial charge in [0.1, 0.15) is 0 Å². The molecular formula is C9H8O2S. The van der Waals surface area contributed by atoms with Crippen molar-refractivity contribution in [3.63, 3.8) is 0 Å². The van der Waals surface area contributed by atoms with Crippen molar-refractivity contribution in [2.24, 2.45) is 0 Å². The standard InChI is InChI=1S/C9H8O2S/c10-9(11)7-5-12-8-4-2-1-3-6(7)8/h1-2,4H,3,5H2,(H,10,11). The number of thioether (sulfide) groups is 1. The fourth-order valence-corrected chi connectivity index (χ4v) is 2.53. The van der Waals surface area contributed by atoms with Crippen LogP contribution in [0.2, 0.25) is 0 Å². The van der Waals surface area contributed by atoms with Gasteiger partial charge in [0.05, 0.1) is 5.57 Å². The van der Waals surface area contributed by atoms with Gasteiger partial charge < -0.3 is 5.11 Å². The molecule has 1 N–H and O–H groups in total. The van der Waals surface area contributed by atoms with Crippen LogP contribution < -0.4 is 0 Å². The second-order valence-corrected chi connectivity index (χ2v) is 3.73. The number of rotatable bonds is 1. The third-order valence-corrected chi connectivity index (χ3v) is 3.12. The first kappa shape index (κ1) is 7.68. The van der Waals surface area contributed by atoms with Crippen LogP contribution in [0.5, 0.6) is 0 Å². The lowest BCUT2D eigenvalue weighted by molar-refractivity contribution is -0.132. The lowest BCUT2D eigenvalue weighted by atomic mass is 10.0. The number of carboxylic acids is 1. The van der Waals surface area contributed by atoms with Gasteiger partial charge in [0.2, 0.25) is 0 Å². The van der Waals surface area contributed by atoms with Crippen molar-refractivity contribution in [3.8, 4) is 0 Å². The molecule has 1 heterocycles. The van der Waals surface area contributed by atoms with E-state index in [-0.39, 0.29) is 0 Å². The summed E-state index contributed by atoms with van der Waals surface area (Å²) in [6, 6.07) is 0. The number of carboxylic acid groups (broad SMARTS) is 1. The quantitative estimate of drug-likeness (QED) is 0.670. The molecule has 2 nitrogen and oxygen atoms in total. The molecule has 0 aromatic rings. The zero-order chi connectivity index (χ0) is 8.55. The van der Waals surface area contributed by atoms with Crippen LogP contribution in [0.15, 0.2) is 34.3 Å². The SMILES string of the molecule is O=C(O)C1=C2CC=CC=C2SC1. The Labute approximate surface area is 74.7 Å². The highest BCUT2D eigenvalue weighted by molar-refractivity contribution is 8.03. The zero-order valence-electron chi connectivity index (χ0n) is 6.41. The van der Waals surface area contributed by atoms with Crippen molar-refractivity contribution in [2.45, 2.75) is 6.42 Å². The molecule has 0 spiro atoms. The molecule has 1 aliphatic carbocycles. The normalized spacial score (nSPS) is 20.8. The molecule has 0 bridgehead atoms. The van der Waals surface area contributed by atoms with E-state index in [2.05, 4.69) is 0 Å². The van der Waals surface area contributed by atoms with E-state index >= 15 is 0 Å². The van der Waals surface area contributed by atoms with E-state index in [1.54, 1.807) is 11.8 Å². The molecule has 2 rings (SSSR count). The van der Waals surface area contributed by atoms with Gasteiger partial charge in [-0.3, -0.25) is 0 Å². The topological polar surface area (TPSA) is 37.3 Å². The predicted molar refractivity (Wildman–Crippen MR) is 49.0 cm³/mol. The van der Waals surface area contributed by atoms with Gasteiger partial charge in [-0.05, 0) is 18.1 Å². The molecule has 62 valence electrons. The predicted octanol–water partition coefficient (Wildman–Crippen LogP) is 1.96. The lowest BCUT2D eigenvalue weighted by Crippen LogP contribution is -2.02. The first-order valence-electron chi connectivity index (χ1n) is 3.74. The van der Waals surface area contributed by atoms with Crippen LogP contribution in [0.3, 0.4) is 0 Å². The summed E-state index contributed by atoms with van der Waals surface area (Å²) in [5.74, 6) is -0.144. The summed E-state index contributed by atoms with van der Waals surface area (Å²) in [6.45, 7) is 0. The molecule has 2 aliphatic rings. The highest BCUT2D eigenvalue weighted by atomic mass is 32.2. The zero-order valence-corrected chi connectivity index (χ0v) is 7.23. The molecular weight excluding hydrogens is 172 g/mol. The number of allylic oxidation sites excluding steroid dienone is 4. The Morgan fingerprint density at radius 1 is 1.58 bits per heavy atom. The Bertz CT molecular complexity index is 323. The van der Waals surface area contributed by atoms with Crippen molar-refractivity contribution < 1.29 is 9.90 Å². The van der Waals surface area contributed by atoms with Gasteiger partial charge in [-0.25, -0.2) is 4.79 Å². The minimum Gasteiger partial charge on any atom is -0.478 e. The van der Waals surface area contributed by atoms with Crippen LogP contribution in [0.25, 0.3) is 0 Å². The maximum absolute atomic E-state index is 10.7. The van der Waals surface area contributed by atoms with Gasteiger partial charge in [0.15, 0.2) is 0 Å². The molecule has 0 saturated heterocycles. The van der Waals surface area contributed by atoms with Gasteiger partial charge in [-0.15, -0.1) is 11.8 Å². The first-order valence-corrected chi connectivity index (χ1v) is 4.73. The third kappa shape index (κ3) is 1.10. The monoisotopic (exact) mass is 180 g/mol. The Morgan fingerprint density at radius 3 is 3.17 bits per heavy atom. The van der Waals surface area contributed by atoms with E-state index in [1.165, 1.54) is 0 Å². The van der Waals surface area contributed by atoms with Crippen LogP contribution in [-0.4, -0.2) is 16.8 Å². The minimum atomic E-state index is -0.767. The average Bonchev–Trinajstić information content (AvgIpc) is 2.47. The van der Waals surface area contributed by atoms with E-state index in [1.807, 2.05) is 18.2 Å². The van der Waals surface area contributed by atoms with E-state index in [0.29, 0.717) is 11.3 Å². The molecule has 0 unspecified atom stereocenters. The number of aliphatic carboxylic acids is 1. The first-order chi connectivity index (χ1) is 5.79. The third-order valence-electron chi connectivity index (χ3n) is 2.00. The molecule has 0 amide bonds. The number of hydrogen-bond acceptors (Lipinski definition) is 2. The molecule has 0 fully saturated rings. The Balaban J connectivity index is 2.42.